The Kier molecular flexibility index (Phi) is 2.87. The largest absolute Gasteiger partial charge is 0.379 e. The van der Waals surface area contributed by atoms with Gasteiger partial charge in [0.25, 0.3) is 11.8 Å². The molecule has 4 rings (SSSR count). The van der Waals surface area contributed by atoms with Crippen molar-refractivity contribution in [3.8, 4) is 0 Å². The minimum Gasteiger partial charge on any atom is -0.379 e. The lowest BCUT2D eigenvalue weighted by Crippen LogP contribution is -2.53. The predicted molar refractivity (Wildman–Crippen MR) is 76.1 cm³/mol. The third-order valence-electron chi connectivity index (χ3n) is 5.11. The molecule has 5 heteroatoms. The van der Waals surface area contributed by atoms with E-state index < -0.39 is 0 Å². The van der Waals surface area contributed by atoms with Crippen LogP contribution in [-0.2, 0) is 4.74 Å². The van der Waals surface area contributed by atoms with E-state index in [1.165, 1.54) is 4.90 Å². The summed E-state index contributed by atoms with van der Waals surface area (Å²) < 4.78 is 5.68. The lowest BCUT2D eigenvalue weighted by atomic mass is 9.74. The van der Waals surface area contributed by atoms with Crippen LogP contribution in [0.25, 0.3) is 0 Å². The number of ether oxygens (including phenoxy) is 1. The van der Waals surface area contributed by atoms with Crippen LogP contribution in [0.15, 0.2) is 24.3 Å². The number of carbonyl (C=O) groups excluding carboxylic acids is 2. The van der Waals surface area contributed by atoms with E-state index in [0.29, 0.717) is 24.3 Å². The molecule has 3 heterocycles. The molecule has 110 valence electrons. The molecule has 2 fully saturated rings. The fourth-order valence-electron chi connectivity index (χ4n) is 3.89. The maximum absolute atomic E-state index is 12.7. The second-order valence-corrected chi connectivity index (χ2v) is 6.17. The van der Waals surface area contributed by atoms with Crippen LogP contribution in [0.1, 0.15) is 33.6 Å². The Bertz CT molecular complexity index is 572. The summed E-state index contributed by atoms with van der Waals surface area (Å²) in [6.45, 7) is 2.95. The first-order valence-corrected chi connectivity index (χ1v) is 7.48. The summed E-state index contributed by atoms with van der Waals surface area (Å²) in [5, 5.41) is 3.34. The molecule has 3 aliphatic heterocycles. The fourth-order valence-corrected chi connectivity index (χ4v) is 3.89. The highest BCUT2D eigenvalue weighted by Gasteiger charge is 2.52. The van der Waals surface area contributed by atoms with Crippen LogP contribution in [0, 0.1) is 5.41 Å². The minimum absolute atomic E-state index is 0.0708. The van der Waals surface area contributed by atoms with Crippen molar-refractivity contribution in [2.45, 2.75) is 18.9 Å². The Labute approximate surface area is 123 Å². The SMILES string of the molecule is O=C1c2ccccc2C(=O)N1C1COCC12CCNCC2. The molecule has 1 N–H and O–H groups in total. The zero-order chi connectivity index (χ0) is 14.4. The van der Waals surface area contributed by atoms with Gasteiger partial charge in [-0.25, -0.2) is 0 Å². The highest BCUT2D eigenvalue weighted by molar-refractivity contribution is 6.21. The molecule has 2 amide bonds. The van der Waals surface area contributed by atoms with Gasteiger partial charge in [0.2, 0.25) is 0 Å². The molecule has 3 aliphatic rings. The molecule has 2 saturated heterocycles. The number of imide groups is 1. The molecule has 1 spiro atoms. The van der Waals surface area contributed by atoms with Crippen LogP contribution in [-0.4, -0.2) is 49.1 Å². The number of hydrogen-bond donors (Lipinski definition) is 1. The minimum atomic E-state index is -0.163. The van der Waals surface area contributed by atoms with E-state index in [1.807, 2.05) is 0 Å². The molecule has 1 atom stereocenters. The topological polar surface area (TPSA) is 58.6 Å². The zero-order valence-electron chi connectivity index (χ0n) is 11.8. The maximum Gasteiger partial charge on any atom is 0.261 e. The lowest BCUT2D eigenvalue weighted by molar-refractivity contribution is 0.0419. The third kappa shape index (κ3) is 1.77. The Morgan fingerprint density at radius 2 is 1.71 bits per heavy atom. The van der Waals surface area contributed by atoms with Gasteiger partial charge in [0.1, 0.15) is 0 Å². The van der Waals surface area contributed by atoms with Crippen molar-refractivity contribution in [1.82, 2.24) is 10.2 Å². The summed E-state index contributed by atoms with van der Waals surface area (Å²) >= 11 is 0. The Morgan fingerprint density at radius 1 is 1.10 bits per heavy atom. The van der Waals surface area contributed by atoms with Gasteiger partial charge in [-0.1, -0.05) is 12.1 Å². The number of benzene rings is 1. The van der Waals surface area contributed by atoms with Gasteiger partial charge in [-0.15, -0.1) is 0 Å². The van der Waals surface area contributed by atoms with Crippen molar-refractivity contribution in [3.63, 3.8) is 0 Å². The van der Waals surface area contributed by atoms with Gasteiger partial charge in [-0.05, 0) is 38.1 Å². The van der Waals surface area contributed by atoms with E-state index >= 15 is 0 Å². The molecular weight excluding hydrogens is 268 g/mol. The highest BCUT2D eigenvalue weighted by Crippen LogP contribution is 2.42. The first-order chi connectivity index (χ1) is 10.2. The summed E-state index contributed by atoms with van der Waals surface area (Å²) in [4.78, 5) is 26.8. The summed E-state index contributed by atoms with van der Waals surface area (Å²) in [5.41, 5.74) is 0.982. The van der Waals surface area contributed by atoms with Crippen LogP contribution in [0.5, 0.6) is 0 Å². The van der Waals surface area contributed by atoms with Crippen LogP contribution < -0.4 is 5.32 Å². The number of nitrogens with one attached hydrogen (secondary N) is 1. The monoisotopic (exact) mass is 286 g/mol. The molecule has 0 bridgehead atoms. The van der Waals surface area contributed by atoms with Crippen molar-refractivity contribution in [1.29, 1.82) is 0 Å². The molecule has 1 aromatic carbocycles. The molecule has 21 heavy (non-hydrogen) atoms. The molecule has 0 aromatic heterocycles. The first-order valence-electron chi connectivity index (χ1n) is 7.48. The van der Waals surface area contributed by atoms with Crippen LogP contribution in [0.4, 0.5) is 0 Å². The summed E-state index contributed by atoms with van der Waals surface area (Å²) in [5.74, 6) is -0.326. The Morgan fingerprint density at radius 3 is 2.33 bits per heavy atom. The number of amides is 2. The quantitative estimate of drug-likeness (QED) is 0.784. The summed E-state index contributed by atoms with van der Waals surface area (Å²) in [6.07, 6.45) is 1.90. The van der Waals surface area contributed by atoms with Gasteiger partial charge in [0, 0.05) is 5.41 Å². The van der Waals surface area contributed by atoms with Gasteiger partial charge in [0.05, 0.1) is 30.4 Å². The Balaban J connectivity index is 1.71. The summed E-state index contributed by atoms with van der Waals surface area (Å²) in [6, 6.07) is 6.95. The van der Waals surface area contributed by atoms with Gasteiger partial charge in [-0.2, -0.15) is 0 Å². The Hall–Kier alpha value is -1.72. The van der Waals surface area contributed by atoms with Crippen molar-refractivity contribution in [3.05, 3.63) is 35.4 Å². The van der Waals surface area contributed by atoms with Gasteiger partial charge in [-0.3, -0.25) is 14.5 Å². The molecule has 1 unspecified atom stereocenters. The van der Waals surface area contributed by atoms with E-state index in [2.05, 4.69) is 5.32 Å². The number of nitrogens with zero attached hydrogens (tertiary/aromatic N) is 1. The van der Waals surface area contributed by atoms with Gasteiger partial charge < -0.3 is 10.1 Å². The molecule has 0 aliphatic carbocycles. The predicted octanol–water partition coefficient (Wildman–Crippen LogP) is 1.05. The van der Waals surface area contributed by atoms with Crippen molar-refractivity contribution < 1.29 is 14.3 Å². The van der Waals surface area contributed by atoms with Crippen molar-refractivity contribution >= 4 is 11.8 Å². The number of hydrogen-bond acceptors (Lipinski definition) is 4. The fraction of sp³-hybridized carbons (Fsp3) is 0.500. The second-order valence-electron chi connectivity index (χ2n) is 6.17. The average Bonchev–Trinajstić information content (AvgIpc) is 3.01. The lowest BCUT2D eigenvalue weighted by Gasteiger charge is -2.40. The molecular formula is C16H18N2O3. The van der Waals surface area contributed by atoms with Crippen LogP contribution in [0.2, 0.25) is 0 Å². The molecule has 1 aromatic rings. The number of piperidine rings is 1. The normalized spacial score (nSPS) is 27.4. The van der Waals surface area contributed by atoms with Gasteiger partial charge in [0.15, 0.2) is 0 Å². The van der Waals surface area contributed by atoms with Gasteiger partial charge >= 0.3 is 0 Å². The van der Waals surface area contributed by atoms with E-state index in [-0.39, 0.29) is 23.3 Å². The smallest absolute Gasteiger partial charge is 0.261 e. The van der Waals surface area contributed by atoms with Crippen molar-refractivity contribution in [2.75, 3.05) is 26.3 Å². The molecule has 5 nitrogen and oxygen atoms in total. The number of carbonyl (C=O) groups is 2. The van der Waals surface area contributed by atoms with E-state index in [0.717, 1.165) is 25.9 Å². The van der Waals surface area contributed by atoms with Crippen LogP contribution in [0.3, 0.4) is 0 Å². The van der Waals surface area contributed by atoms with Crippen molar-refractivity contribution in [2.24, 2.45) is 5.41 Å². The number of rotatable bonds is 1. The van der Waals surface area contributed by atoms with E-state index in [4.69, 9.17) is 4.74 Å². The van der Waals surface area contributed by atoms with Crippen LogP contribution >= 0.6 is 0 Å². The molecule has 0 radical (unpaired) electrons. The standard InChI is InChI=1S/C16H18N2O3/c19-14-11-3-1-2-4-12(11)15(20)18(14)13-9-21-10-16(13)5-7-17-8-6-16/h1-4,13,17H,5-10H2. The van der Waals surface area contributed by atoms with E-state index in [9.17, 15) is 9.59 Å². The highest BCUT2D eigenvalue weighted by atomic mass is 16.5. The number of fused-ring (bicyclic) bond motifs is 1. The first kappa shape index (κ1) is 13.0. The zero-order valence-corrected chi connectivity index (χ0v) is 11.8. The second kappa shape index (κ2) is 4.64. The molecule has 0 saturated carbocycles. The average molecular weight is 286 g/mol. The summed E-state index contributed by atoms with van der Waals surface area (Å²) in [7, 11) is 0. The van der Waals surface area contributed by atoms with E-state index in [1.54, 1.807) is 24.3 Å². The third-order valence-corrected chi connectivity index (χ3v) is 5.11. The maximum atomic E-state index is 12.7.